The van der Waals surface area contributed by atoms with Gasteiger partial charge in [0, 0.05) is 6.42 Å². The molecule has 0 aliphatic rings. The first kappa shape index (κ1) is 14.7. The van der Waals surface area contributed by atoms with Gasteiger partial charge < -0.3 is 9.47 Å². The standard InChI is InChI=1S/C14H18N2O3S/c1-5-8(2)6-10(17)11-7-9-14(20-11)16-13(19-4)12(15-9)18-3/h7-8H,5-6H2,1-4H3. The number of methoxy groups -OCH3 is 2. The Balaban J connectivity index is 2.36. The highest BCUT2D eigenvalue weighted by Crippen LogP contribution is 2.31. The van der Waals surface area contributed by atoms with Crippen LogP contribution in [0.2, 0.25) is 0 Å². The fourth-order valence-corrected chi connectivity index (χ4v) is 2.71. The van der Waals surface area contributed by atoms with E-state index in [2.05, 4.69) is 23.8 Å². The summed E-state index contributed by atoms with van der Waals surface area (Å²) < 4.78 is 10.2. The second-order valence-electron chi connectivity index (χ2n) is 4.68. The molecule has 2 heterocycles. The van der Waals surface area contributed by atoms with Crippen molar-refractivity contribution in [3.63, 3.8) is 0 Å². The Morgan fingerprint density at radius 3 is 2.55 bits per heavy atom. The molecule has 2 aromatic rings. The number of nitrogens with zero attached hydrogens (tertiary/aromatic N) is 2. The molecular formula is C14H18N2O3S. The highest BCUT2D eigenvalue weighted by atomic mass is 32.1. The molecule has 2 rings (SSSR count). The number of hydrogen-bond donors (Lipinski definition) is 0. The number of ketones is 1. The third-order valence-corrected chi connectivity index (χ3v) is 4.25. The highest BCUT2D eigenvalue weighted by Gasteiger charge is 2.17. The van der Waals surface area contributed by atoms with Crippen LogP contribution in [0.5, 0.6) is 11.8 Å². The Kier molecular flexibility index (Phi) is 4.54. The molecule has 1 atom stereocenters. The monoisotopic (exact) mass is 294 g/mol. The molecule has 0 saturated heterocycles. The van der Waals surface area contributed by atoms with Gasteiger partial charge in [0.05, 0.1) is 19.1 Å². The maximum atomic E-state index is 12.2. The number of Topliss-reactive ketones (excluding diaryl/α,β-unsaturated/α-hetero) is 1. The molecule has 0 N–H and O–H groups in total. The average molecular weight is 294 g/mol. The van der Waals surface area contributed by atoms with Crippen molar-refractivity contribution in [3.8, 4) is 11.8 Å². The van der Waals surface area contributed by atoms with Crippen molar-refractivity contribution in [3.05, 3.63) is 10.9 Å². The van der Waals surface area contributed by atoms with Crippen LogP contribution in [-0.4, -0.2) is 30.0 Å². The van der Waals surface area contributed by atoms with E-state index in [-0.39, 0.29) is 5.78 Å². The summed E-state index contributed by atoms with van der Waals surface area (Å²) in [6.07, 6.45) is 1.55. The molecule has 0 amide bonds. The van der Waals surface area contributed by atoms with Crippen LogP contribution in [0.3, 0.4) is 0 Å². The number of fused-ring (bicyclic) bond motifs is 1. The van der Waals surface area contributed by atoms with E-state index in [1.54, 1.807) is 6.07 Å². The van der Waals surface area contributed by atoms with Gasteiger partial charge in [0.1, 0.15) is 10.3 Å². The lowest BCUT2D eigenvalue weighted by Gasteiger charge is -2.04. The third-order valence-electron chi connectivity index (χ3n) is 3.19. The maximum Gasteiger partial charge on any atom is 0.279 e. The zero-order valence-corrected chi connectivity index (χ0v) is 12.9. The van der Waals surface area contributed by atoms with Crippen molar-refractivity contribution in [1.82, 2.24) is 9.97 Å². The zero-order valence-electron chi connectivity index (χ0n) is 12.1. The van der Waals surface area contributed by atoms with Crippen molar-refractivity contribution in [2.45, 2.75) is 26.7 Å². The van der Waals surface area contributed by atoms with Gasteiger partial charge in [0.15, 0.2) is 5.78 Å². The quantitative estimate of drug-likeness (QED) is 0.765. The Morgan fingerprint density at radius 2 is 1.95 bits per heavy atom. The molecule has 108 valence electrons. The number of hydrogen-bond acceptors (Lipinski definition) is 6. The van der Waals surface area contributed by atoms with Crippen molar-refractivity contribution < 1.29 is 14.3 Å². The summed E-state index contributed by atoms with van der Waals surface area (Å²) in [5.74, 6) is 1.20. The Labute approximate surface area is 122 Å². The second kappa shape index (κ2) is 6.17. The molecule has 0 aromatic carbocycles. The van der Waals surface area contributed by atoms with Crippen molar-refractivity contribution in [2.75, 3.05) is 14.2 Å². The van der Waals surface area contributed by atoms with Crippen LogP contribution in [0, 0.1) is 5.92 Å². The molecule has 0 spiro atoms. The largest absolute Gasteiger partial charge is 0.477 e. The number of thiophene rings is 1. The molecule has 1 unspecified atom stereocenters. The predicted octanol–water partition coefficient (Wildman–Crippen LogP) is 3.33. The summed E-state index contributed by atoms with van der Waals surface area (Å²) in [6.45, 7) is 4.16. The lowest BCUT2D eigenvalue weighted by Crippen LogP contribution is -2.03. The summed E-state index contributed by atoms with van der Waals surface area (Å²) >= 11 is 1.35. The zero-order chi connectivity index (χ0) is 14.7. The molecule has 0 radical (unpaired) electrons. The summed E-state index contributed by atoms with van der Waals surface area (Å²) in [4.78, 5) is 22.2. The Morgan fingerprint density at radius 1 is 1.30 bits per heavy atom. The molecule has 0 aliphatic carbocycles. The molecule has 5 nitrogen and oxygen atoms in total. The predicted molar refractivity (Wildman–Crippen MR) is 78.9 cm³/mol. The fourth-order valence-electron chi connectivity index (χ4n) is 1.79. The summed E-state index contributed by atoms with van der Waals surface area (Å²) in [5, 5.41) is 0. The van der Waals surface area contributed by atoms with E-state index in [9.17, 15) is 4.79 Å². The molecule has 2 aromatic heterocycles. The number of ether oxygens (including phenoxy) is 2. The van der Waals surface area contributed by atoms with Gasteiger partial charge in [0.2, 0.25) is 0 Å². The molecule has 6 heteroatoms. The minimum absolute atomic E-state index is 0.141. The van der Waals surface area contributed by atoms with Crippen molar-refractivity contribution in [2.24, 2.45) is 5.92 Å². The molecule has 20 heavy (non-hydrogen) atoms. The minimum atomic E-state index is 0.141. The van der Waals surface area contributed by atoms with E-state index in [0.29, 0.717) is 39.3 Å². The fraction of sp³-hybridized carbons (Fsp3) is 0.500. The summed E-state index contributed by atoms with van der Waals surface area (Å²) in [5.41, 5.74) is 0.667. The smallest absolute Gasteiger partial charge is 0.279 e. The maximum absolute atomic E-state index is 12.2. The SMILES string of the molecule is CCC(C)CC(=O)c1cc2nc(OC)c(OC)nc2s1. The van der Waals surface area contributed by atoms with Gasteiger partial charge in [-0.15, -0.1) is 11.3 Å². The van der Waals surface area contributed by atoms with Crippen LogP contribution in [0.4, 0.5) is 0 Å². The van der Waals surface area contributed by atoms with Crippen LogP contribution in [0.15, 0.2) is 6.07 Å². The van der Waals surface area contributed by atoms with Gasteiger partial charge in [-0.25, -0.2) is 4.98 Å². The van der Waals surface area contributed by atoms with Crippen molar-refractivity contribution in [1.29, 1.82) is 0 Å². The molecule has 0 bridgehead atoms. The van der Waals surface area contributed by atoms with Gasteiger partial charge in [-0.05, 0) is 12.0 Å². The van der Waals surface area contributed by atoms with E-state index < -0.39 is 0 Å². The average Bonchev–Trinajstić information content (AvgIpc) is 2.88. The Hall–Kier alpha value is -1.69. The van der Waals surface area contributed by atoms with Crippen LogP contribution in [0.1, 0.15) is 36.4 Å². The first-order valence-corrected chi connectivity index (χ1v) is 7.33. The van der Waals surface area contributed by atoms with Gasteiger partial charge in [-0.1, -0.05) is 20.3 Å². The Bertz CT molecular complexity index is 583. The van der Waals surface area contributed by atoms with Gasteiger partial charge in [0.25, 0.3) is 11.8 Å². The second-order valence-corrected chi connectivity index (χ2v) is 5.71. The lowest BCUT2D eigenvalue weighted by molar-refractivity contribution is 0.0967. The number of aromatic nitrogens is 2. The number of carbonyl (C=O) groups is 1. The normalized spacial score (nSPS) is 12.4. The molecule has 0 saturated carbocycles. The first-order chi connectivity index (χ1) is 9.58. The van der Waals surface area contributed by atoms with Crippen LogP contribution >= 0.6 is 11.3 Å². The van der Waals surface area contributed by atoms with E-state index >= 15 is 0 Å². The van der Waals surface area contributed by atoms with E-state index in [4.69, 9.17) is 9.47 Å². The van der Waals surface area contributed by atoms with Gasteiger partial charge in [-0.3, -0.25) is 4.79 Å². The van der Waals surface area contributed by atoms with Gasteiger partial charge >= 0.3 is 0 Å². The van der Waals surface area contributed by atoms with Gasteiger partial charge in [-0.2, -0.15) is 4.98 Å². The van der Waals surface area contributed by atoms with Crippen LogP contribution in [-0.2, 0) is 0 Å². The van der Waals surface area contributed by atoms with Crippen LogP contribution in [0.25, 0.3) is 10.3 Å². The third kappa shape index (κ3) is 2.90. The highest BCUT2D eigenvalue weighted by molar-refractivity contribution is 7.20. The minimum Gasteiger partial charge on any atom is -0.477 e. The first-order valence-electron chi connectivity index (χ1n) is 6.51. The lowest BCUT2D eigenvalue weighted by atomic mass is 10.0. The summed E-state index contributed by atoms with van der Waals surface area (Å²) in [7, 11) is 3.03. The summed E-state index contributed by atoms with van der Waals surface area (Å²) in [6, 6.07) is 1.78. The van der Waals surface area contributed by atoms with Crippen molar-refractivity contribution >= 4 is 27.5 Å². The van der Waals surface area contributed by atoms with E-state index in [1.807, 2.05) is 0 Å². The van der Waals surface area contributed by atoms with E-state index in [0.717, 1.165) is 6.42 Å². The number of carbonyl (C=O) groups excluding carboxylic acids is 1. The van der Waals surface area contributed by atoms with Crippen LogP contribution < -0.4 is 9.47 Å². The molecule has 0 fully saturated rings. The molecule has 0 aliphatic heterocycles. The van der Waals surface area contributed by atoms with E-state index in [1.165, 1.54) is 25.6 Å². The molecular weight excluding hydrogens is 276 g/mol. The number of rotatable bonds is 6. The topological polar surface area (TPSA) is 61.3 Å².